The van der Waals surface area contributed by atoms with Crippen molar-refractivity contribution in [3.05, 3.63) is 42.2 Å². The van der Waals surface area contributed by atoms with Crippen LogP contribution in [0.4, 0.5) is 0 Å². The van der Waals surface area contributed by atoms with Gasteiger partial charge in [0.1, 0.15) is 0 Å². The van der Waals surface area contributed by atoms with Gasteiger partial charge in [0, 0.05) is 17.9 Å². The number of nitrogens with two attached hydrogens (primary N) is 1. The normalized spacial score (nSPS) is 12.5. The summed E-state index contributed by atoms with van der Waals surface area (Å²) < 4.78 is 0. The molecule has 0 saturated heterocycles. The van der Waals surface area contributed by atoms with Crippen molar-refractivity contribution in [3.8, 4) is 0 Å². The summed E-state index contributed by atoms with van der Waals surface area (Å²) in [6.07, 6.45) is 3.48. The molecule has 0 spiro atoms. The van der Waals surface area contributed by atoms with E-state index >= 15 is 0 Å². The summed E-state index contributed by atoms with van der Waals surface area (Å²) in [5.74, 6) is 0. The predicted molar refractivity (Wildman–Crippen MR) is 46.1 cm³/mol. The summed E-state index contributed by atoms with van der Waals surface area (Å²) in [4.78, 5) is 4.12. The minimum atomic E-state index is -0.0944. The minimum Gasteiger partial charge on any atom is -0.321 e. The molecule has 2 nitrogen and oxygen atoms in total. The van der Waals surface area contributed by atoms with Gasteiger partial charge in [0.15, 0.2) is 0 Å². The molecule has 11 heavy (non-hydrogen) atoms. The van der Waals surface area contributed by atoms with Crippen molar-refractivity contribution in [1.82, 2.24) is 4.98 Å². The molecule has 0 radical (unpaired) electrons. The van der Waals surface area contributed by atoms with E-state index in [2.05, 4.69) is 11.6 Å². The first kappa shape index (κ1) is 7.95. The fraction of sp³-hybridized carbons (Fsp3) is 0.222. The van der Waals surface area contributed by atoms with Crippen LogP contribution in [0.3, 0.4) is 0 Å². The largest absolute Gasteiger partial charge is 0.321 e. The molecule has 2 heteroatoms. The van der Waals surface area contributed by atoms with Gasteiger partial charge in [-0.05, 0) is 18.6 Å². The van der Waals surface area contributed by atoms with Crippen molar-refractivity contribution in [1.29, 1.82) is 0 Å². The Morgan fingerprint density at radius 1 is 1.64 bits per heavy atom. The van der Waals surface area contributed by atoms with Crippen LogP contribution in [0.1, 0.15) is 17.3 Å². The Morgan fingerprint density at radius 3 is 2.82 bits per heavy atom. The highest BCUT2D eigenvalue weighted by atomic mass is 14.7. The number of aromatic nitrogens is 1. The molecule has 58 valence electrons. The van der Waals surface area contributed by atoms with Gasteiger partial charge in [0.05, 0.1) is 0 Å². The van der Waals surface area contributed by atoms with E-state index in [0.29, 0.717) is 0 Å². The standard InChI is InChI=1S/C9H12N2/c1-3-9(10)8-5-4-7(2)11-6-8/h3-6,9H,1,10H2,2H3. The van der Waals surface area contributed by atoms with Crippen molar-refractivity contribution in [2.75, 3.05) is 0 Å². The van der Waals surface area contributed by atoms with Crippen LogP contribution in [0.25, 0.3) is 0 Å². The Morgan fingerprint density at radius 2 is 2.36 bits per heavy atom. The first-order valence-electron chi connectivity index (χ1n) is 3.54. The molecule has 2 N–H and O–H groups in total. The number of hydrogen-bond acceptors (Lipinski definition) is 2. The van der Waals surface area contributed by atoms with Crippen LogP contribution in [0, 0.1) is 6.92 Å². The molecule has 1 heterocycles. The lowest BCUT2D eigenvalue weighted by Gasteiger charge is -2.04. The molecule has 0 aliphatic heterocycles. The van der Waals surface area contributed by atoms with E-state index in [9.17, 15) is 0 Å². The van der Waals surface area contributed by atoms with Crippen molar-refractivity contribution < 1.29 is 0 Å². The third-order valence-corrected chi connectivity index (χ3v) is 1.57. The summed E-state index contributed by atoms with van der Waals surface area (Å²) in [6, 6.07) is 3.82. The highest BCUT2D eigenvalue weighted by Gasteiger charge is 1.99. The van der Waals surface area contributed by atoms with E-state index in [0.717, 1.165) is 11.3 Å². The van der Waals surface area contributed by atoms with Crippen molar-refractivity contribution in [3.63, 3.8) is 0 Å². The van der Waals surface area contributed by atoms with E-state index in [1.54, 1.807) is 12.3 Å². The summed E-state index contributed by atoms with van der Waals surface area (Å²) in [7, 11) is 0. The zero-order valence-corrected chi connectivity index (χ0v) is 6.62. The van der Waals surface area contributed by atoms with Gasteiger partial charge in [-0.1, -0.05) is 12.1 Å². The Kier molecular flexibility index (Phi) is 2.39. The maximum absolute atomic E-state index is 5.69. The van der Waals surface area contributed by atoms with Gasteiger partial charge in [0.2, 0.25) is 0 Å². The molecule has 1 atom stereocenters. The van der Waals surface area contributed by atoms with Gasteiger partial charge >= 0.3 is 0 Å². The highest BCUT2D eigenvalue weighted by molar-refractivity contribution is 5.19. The second-order valence-corrected chi connectivity index (χ2v) is 2.49. The molecule has 0 aromatic carbocycles. The minimum absolute atomic E-state index is 0.0944. The van der Waals surface area contributed by atoms with E-state index in [1.807, 2.05) is 19.1 Å². The van der Waals surface area contributed by atoms with E-state index in [-0.39, 0.29) is 6.04 Å². The molecule has 0 aliphatic rings. The molecule has 0 amide bonds. The number of hydrogen-bond donors (Lipinski definition) is 1. The lowest BCUT2D eigenvalue weighted by atomic mass is 10.1. The van der Waals surface area contributed by atoms with Crippen LogP contribution >= 0.6 is 0 Å². The van der Waals surface area contributed by atoms with Gasteiger partial charge in [-0.25, -0.2) is 0 Å². The van der Waals surface area contributed by atoms with Gasteiger partial charge in [-0.15, -0.1) is 6.58 Å². The molecule has 1 aromatic heterocycles. The van der Waals surface area contributed by atoms with E-state index in [4.69, 9.17) is 5.73 Å². The quantitative estimate of drug-likeness (QED) is 0.646. The lowest BCUT2D eigenvalue weighted by Crippen LogP contribution is -2.06. The SMILES string of the molecule is C=CC(N)c1ccc(C)nc1. The molecule has 0 saturated carbocycles. The average molecular weight is 148 g/mol. The second kappa shape index (κ2) is 3.30. The average Bonchev–Trinajstić information content (AvgIpc) is 2.05. The van der Waals surface area contributed by atoms with E-state index in [1.165, 1.54) is 0 Å². The Bertz CT molecular complexity index is 238. The Balaban J connectivity index is 2.89. The van der Waals surface area contributed by atoms with Gasteiger partial charge < -0.3 is 5.73 Å². The first-order chi connectivity index (χ1) is 5.24. The number of rotatable bonds is 2. The van der Waals surface area contributed by atoms with Crippen LogP contribution in [0.15, 0.2) is 31.0 Å². The summed E-state index contributed by atoms with van der Waals surface area (Å²) >= 11 is 0. The molecule has 0 aliphatic carbocycles. The fourth-order valence-electron chi connectivity index (χ4n) is 0.813. The molecule has 0 bridgehead atoms. The smallest absolute Gasteiger partial charge is 0.0493 e. The number of aryl methyl sites for hydroxylation is 1. The van der Waals surface area contributed by atoms with Crippen LogP contribution in [0.5, 0.6) is 0 Å². The van der Waals surface area contributed by atoms with Crippen LogP contribution in [0.2, 0.25) is 0 Å². The molecule has 0 fully saturated rings. The van der Waals surface area contributed by atoms with Crippen LogP contribution < -0.4 is 5.73 Å². The third kappa shape index (κ3) is 1.88. The molecular formula is C9H12N2. The highest BCUT2D eigenvalue weighted by Crippen LogP contribution is 2.08. The molecular weight excluding hydrogens is 136 g/mol. The first-order valence-corrected chi connectivity index (χ1v) is 3.54. The van der Waals surface area contributed by atoms with Crippen molar-refractivity contribution in [2.24, 2.45) is 5.73 Å². The summed E-state index contributed by atoms with van der Waals surface area (Å²) in [5, 5.41) is 0. The van der Waals surface area contributed by atoms with Crippen molar-refractivity contribution in [2.45, 2.75) is 13.0 Å². The summed E-state index contributed by atoms with van der Waals surface area (Å²) in [5.41, 5.74) is 7.70. The molecule has 1 aromatic rings. The predicted octanol–water partition coefficient (Wildman–Crippen LogP) is 1.58. The summed E-state index contributed by atoms with van der Waals surface area (Å²) in [6.45, 7) is 5.55. The Labute approximate surface area is 66.8 Å². The maximum Gasteiger partial charge on any atom is 0.0493 e. The molecule has 1 unspecified atom stereocenters. The van der Waals surface area contributed by atoms with Gasteiger partial charge in [-0.3, -0.25) is 4.98 Å². The molecule has 1 rings (SSSR count). The van der Waals surface area contributed by atoms with Gasteiger partial charge in [-0.2, -0.15) is 0 Å². The zero-order chi connectivity index (χ0) is 8.27. The van der Waals surface area contributed by atoms with Crippen molar-refractivity contribution >= 4 is 0 Å². The number of pyridine rings is 1. The zero-order valence-electron chi connectivity index (χ0n) is 6.62. The second-order valence-electron chi connectivity index (χ2n) is 2.49. The van der Waals surface area contributed by atoms with Crippen LogP contribution in [-0.2, 0) is 0 Å². The third-order valence-electron chi connectivity index (χ3n) is 1.57. The fourth-order valence-corrected chi connectivity index (χ4v) is 0.813. The van der Waals surface area contributed by atoms with Crippen LogP contribution in [-0.4, -0.2) is 4.98 Å². The van der Waals surface area contributed by atoms with Gasteiger partial charge in [0.25, 0.3) is 0 Å². The van der Waals surface area contributed by atoms with E-state index < -0.39 is 0 Å². The monoisotopic (exact) mass is 148 g/mol. The topological polar surface area (TPSA) is 38.9 Å². The number of nitrogens with zero attached hydrogens (tertiary/aromatic N) is 1. The Hall–Kier alpha value is -1.15. The lowest BCUT2D eigenvalue weighted by molar-refractivity contribution is 0.900. The maximum atomic E-state index is 5.69.